The van der Waals surface area contributed by atoms with Crippen molar-refractivity contribution < 1.29 is 13.2 Å². The minimum Gasteiger partial charge on any atom is -0.265 e. The molecule has 0 bridgehead atoms. The summed E-state index contributed by atoms with van der Waals surface area (Å²) in [6.07, 6.45) is -2.16. The molecule has 1 saturated carbocycles. The van der Waals surface area contributed by atoms with Gasteiger partial charge in [0.25, 0.3) is 0 Å². The summed E-state index contributed by atoms with van der Waals surface area (Å²) < 4.78 is 38.6. The third kappa shape index (κ3) is 3.06. The Morgan fingerprint density at radius 2 is 2.10 bits per heavy atom. The Kier molecular flexibility index (Phi) is 3.46. The highest BCUT2D eigenvalue weighted by molar-refractivity contribution is 5.79. The Balaban J connectivity index is 1.83. The molecule has 0 unspecified atom stereocenters. The fourth-order valence-electron chi connectivity index (χ4n) is 3.06. The van der Waals surface area contributed by atoms with Crippen molar-refractivity contribution in [3.63, 3.8) is 0 Å². The first-order valence-electron chi connectivity index (χ1n) is 7.37. The van der Waals surface area contributed by atoms with Crippen LogP contribution in [-0.2, 0) is 6.54 Å². The Morgan fingerprint density at radius 3 is 2.71 bits per heavy atom. The highest BCUT2D eigenvalue weighted by Gasteiger charge is 2.40. The van der Waals surface area contributed by atoms with Crippen LogP contribution in [0.1, 0.15) is 38.2 Å². The lowest BCUT2D eigenvalue weighted by molar-refractivity contribution is -0.137. The smallest absolute Gasteiger partial charge is 0.265 e. The van der Waals surface area contributed by atoms with Crippen molar-refractivity contribution in [2.24, 2.45) is 11.8 Å². The first-order chi connectivity index (χ1) is 9.85. The summed E-state index contributed by atoms with van der Waals surface area (Å²) in [5.41, 5.74) is 2.04. The molecule has 21 heavy (non-hydrogen) atoms. The number of nitrogens with zero attached hydrogens (tertiary/aromatic N) is 2. The van der Waals surface area contributed by atoms with E-state index in [9.17, 15) is 13.2 Å². The molecule has 1 aliphatic rings. The highest BCUT2D eigenvalue weighted by atomic mass is 19.4. The van der Waals surface area contributed by atoms with Crippen LogP contribution >= 0.6 is 0 Å². The molecule has 3 rings (SSSR count). The number of hydrogen-bond donors (Lipinski definition) is 0. The molecular formula is C16H19F3N2. The van der Waals surface area contributed by atoms with E-state index in [0.717, 1.165) is 10.9 Å². The van der Waals surface area contributed by atoms with Crippen molar-refractivity contribution in [2.75, 3.05) is 0 Å². The van der Waals surface area contributed by atoms with Crippen LogP contribution in [0.4, 0.5) is 13.2 Å². The lowest BCUT2D eigenvalue weighted by atomic mass is 10.0. The van der Waals surface area contributed by atoms with Gasteiger partial charge in [0.2, 0.25) is 0 Å². The largest absolute Gasteiger partial charge is 0.390 e. The lowest BCUT2D eigenvalue weighted by Crippen LogP contribution is -2.12. The fourth-order valence-corrected chi connectivity index (χ4v) is 3.06. The molecule has 1 aliphatic carbocycles. The van der Waals surface area contributed by atoms with E-state index in [4.69, 9.17) is 0 Å². The van der Waals surface area contributed by atoms with Crippen molar-refractivity contribution in [2.45, 2.75) is 45.3 Å². The molecule has 0 aliphatic heterocycles. The van der Waals surface area contributed by atoms with E-state index in [-0.39, 0.29) is 6.54 Å². The zero-order valence-electron chi connectivity index (χ0n) is 12.2. The van der Waals surface area contributed by atoms with E-state index in [1.807, 2.05) is 12.1 Å². The van der Waals surface area contributed by atoms with Gasteiger partial charge in [-0.15, -0.1) is 0 Å². The number of fused-ring (bicyclic) bond motifs is 1. The van der Waals surface area contributed by atoms with Gasteiger partial charge in [0, 0.05) is 5.39 Å². The average molecular weight is 296 g/mol. The molecule has 1 aromatic carbocycles. The predicted octanol–water partition coefficient (Wildman–Crippen LogP) is 4.75. The van der Waals surface area contributed by atoms with E-state index in [1.54, 1.807) is 6.20 Å². The summed E-state index contributed by atoms with van der Waals surface area (Å²) in [4.78, 5) is 0. The van der Waals surface area contributed by atoms with Crippen LogP contribution in [0.25, 0.3) is 10.9 Å². The van der Waals surface area contributed by atoms with E-state index in [0.29, 0.717) is 17.8 Å². The molecule has 2 nitrogen and oxygen atoms in total. The van der Waals surface area contributed by atoms with Crippen LogP contribution in [0.2, 0.25) is 0 Å². The maximum Gasteiger partial charge on any atom is 0.390 e. The Bertz CT molecular complexity index is 642. The SMILES string of the molecule is CC(C)[C@H]1C[C@@H]1c1ccc2cnn(CCC(F)(F)F)c2c1. The Labute approximate surface area is 121 Å². The first-order valence-corrected chi connectivity index (χ1v) is 7.37. The molecular weight excluding hydrogens is 277 g/mol. The second-order valence-corrected chi connectivity index (χ2v) is 6.30. The summed E-state index contributed by atoms with van der Waals surface area (Å²) in [7, 11) is 0. The minimum absolute atomic E-state index is 0.116. The third-order valence-corrected chi connectivity index (χ3v) is 4.40. The van der Waals surface area contributed by atoms with Gasteiger partial charge in [-0.05, 0) is 35.8 Å². The topological polar surface area (TPSA) is 17.8 Å². The van der Waals surface area contributed by atoms with Crippen molar-refractivity contribution >= 4 is 10.9 Å². The number of hydrogen-bond acceptors (Lipinski definition) is 1. The second kappa shape index (κ2) is 5.04. The van der Waals surface area contributed by atoms with Crippen LogP contribution in [0.15, 0.2) is 24.4 Å². The standard InChI is InChI=1S/C16H19F3N2/c1-10(2)13-8-14(13)11-3-4-12-9-20-21(15(12)7-11)6-5-16(17,18)19/h3-4,7,9-10,13-14H,5-6,8H2,1-2H3/t13-,14-/m1/s1. The first kappa shape index (κ1) is 14.4. The van der Waals surface area contributed by atoms with Gasteiger partial charge in [-0.1, -0.05) is 26.0 Å². The van der Waals surface area contributed by atoms with Crippen LogP contribution < -0.4 is 0 Å². The van der Waals surface area contributed by atoms with Gasteiger partial charge in [-0.2, -0.15) is 18.3 Å². The van der Waals surface area contributed by atoms with E-state index >= 15 is 0 Å². The summed E-state index contributed by atoms with van der Waals surface area (Å²) in [5, 5.41) is 5.00. The predicted molar refractivity (Wildman–Crippen MR) is 76.1 cm³/mol. The molecule has 0 spiro atoms. The average Bonchev–Trinajstić information content (AvgIpc) is 3.10. The summed E-state index contributed by atoms with van der Waals surface area (Å²) in [5.74, 6) is 1.91. The molecule has 0 N–H and O–H groups in total. The van der Waals surface area contributed by atoms with E-state index in [1.165, 1.54) is 16.7 Å². The molecule has 0 radical (unpaired) electrons. The fraction of sp³-hybridized carbons (Fsp3) is 0.562. The van der Waals surface area contributed by atoms with Crippen LogP contribution in [0.3, 0.4) is 0 Å². The molecule has 1 fully saturated rings. The molecule has 0 amide bonds. The molecule has 0 saturated heterocycles. The maximum absolute atomic E-state index is 12.4. The molecule has 2 aromatic rings. The Morgan fingerprint density at radius 1 is 1.33 bits per heavy atom. The summed E-state index contributed by atoms with van der Waals surface area (Å²) in [6, 6.07) is 6.08. The van der Waals surface area contributed by atoms with Gasteiger partial charge in [-0.3, -0.25) is 4.68 Å². The van der Waals surface area contributed by atoms with Gasteiger partial charge in [-0.25, -0.2) is 0 Å². The summed E-state index contributed by atoms with van der Waals surface area (Å²) in [6.45, 7) is 4.32. The number of benzene rings is 1. The number of aryl methyl sites for hydroxylation is 1. The van der Waals surface area contributed by atoms with Crippen molar-refractivity contribution in [1.29, 1.82) is 0 Å². The zero-order valence-corrected chi connectivity index (χ0v) is 12.2. The van der Waals surface area contributed by atoms with Gasteiger partial charge in [0.1, 0.15) is 0 Å². The second-order valence-electron chi connectivity index (χ2n) is 6.30. The number of aromatic nitrogens is 2. The molecule has 2 atom stereocenters. The van der Waals surface area contributed by atoms with E-state index in [2.05, 4.69) is 25.0 Å². The molecule has 5 heteroatoms. The quantitative estimate of drug-likeness (QED) is 0.796. The van der Waals surface area contributed by atoms with Gasteiger partial charge >= 0.3 is 6.18 Å². The Hall–Kier alpha value is -1.52. The normalized spacial score (nSPS) is 22.2. The molecule has 114 valence electrons. The summed E-state index contributed by atoms with van der Waals surface area (Å²) >= 11 is 0. The molecule has 1 heterocycles. The van der Waals surface area contributed by atoms with Crippen LogP contribution in [0, 0.1) is 11.8 Å². The highest BCUT2D eigenvalue weighted by Crippen LogP contribution is 2.52. The van der Waals surface area contributed by atoms with Crippen LogP contribution in [0.5, 0.6) is 0 Å². The maximum atomic E-state index is 12.4. The number of rotatable bonds is 4. The van der Waals surface area contributed by atoms with Gasteiger partial charge in [0.15, 0.2) is 0 Å². The van der Waals surface area contributed by atoms with Gasteiger partial charge in [0.05, 0.1) is 24.7 Å². The van der Waals surface area contributed by atoms with Crippen molar-refractivity contribution in [3.8, 4) is 0 Å². The van der Waals surface area contributed by atoms with E-state index < -0.39 is 12.6 Å². The molecule has 1 aromatic heterocycles. The van der Waals surface area contributed by atoms with Crippen LogP contribution in [-0.4, -0.2) is 16.0 Å². The third-order valence-electron chi connectivity index (χ3n) is 4.40. The zero-order chi connectivity index (χ0) is 15.2. The lowest BCUT2D eigenvalue weighted by Gasteiger charge is -2.08. The number of halogens is 3. The van der Waals surface area contributed by atoms with Crippen molar-refractivity contribution in [1.82, 2.24) is 9.78 Å². The van der Waals surface area contributed by atoms with Gasteiger partial charge < -0.3 is 0 Å². The van der Waals surface area contributed by atoms with Crippen molar-refractivity contribution in [3.05, 3.63) is 30.0 Å². The number of alkyl halides is 3. The minimum atomic E-state index is -4.14. The monoisotopic (exact) mass is 296 g/mol.